The van der Waals surface area contributed by atoms with Gasteiger partial charge in [-0.1, -0.05) is 5.16 Å². The van der Waals surface area contributed by atoms with Gasteiger partial charge in [-0.15, -0.1) is 0 Å². The maximum absolute atomic E-state index is 13.0. The molecule has 1 amide bonds. The smallest absolute Gasteiger partial charge is 0.341 e. The lowest BCUT2D eigenvalue weighted by molar-refractivity contribution is -0.125. The number of carboxylic acid groups (broad SMARTS) is 1. The topological polar surface area (TPSA) is 102 Å². The lowest BCUT2D eigenvalue weighted by Gasteiger charge is -2.11. The third-order valence-corrected chi connectivity index (χ3v) is 3.10. The van der Waals surface area contributed by atoms with Crippen LogP contribution >= 0.6 is 0 Å². The number of amides is 1. The number of rotatable bonds is 6. The van der Waals surface area contributed by atoms with Gasteiger partial charge in [0.25, 0.3) is 0 Å². The molecule has 2 N–H and O–H groups in total. The Morgan fingerprint density at radius 2 is 2.04 bits per heavy atom. The van der Waals surface area contributed by atoms with Crippen LogP contribution in [0.4, 0.5) is 4.39 Å². The molecule has 0 saturated heterocycles. The molecule has 0 radical (unpaired) electrons. The van der Waals surface area contributed by atoms with Crippen molar-refractivity contribution < 1.29 is 28.3 Å². The first-order valence-corrected chi connectivity index (χ1v) is 6.71. The molecule has 1 aromatic heterocycles. The van der Waals surface area contributed by atoms with E-state index in [2.05, 4.69) is 10.5 Å². The van der Waals surface area contributed by atoms with Gasteiger partial charge in [-0.05, 0) is 31.2 Å². The van der Waals surface area contributed by atoms with Crippen molar-refractivity contribution >= 4 is 11.9 Å². The van der Waals surface area contributed by atoms with Gasteiger partial charge in [0.2, 0.25) is 5.91 Å². The Kier molecular flexibility index (Phi) is 5.07. The summed E-state index contributed by atoms with van der Waals surface area (Å²) < 4.78 is 22.8. The Bertz CT molecular complexity index is 711. The summed E-state index contributed by atoms with van der Waals surface area (Å²) in [6, 6.07) is 4.47. The van der Waals surface area contributed by atoms with Crippen molar-refractivity contribution in [1.29, 1.82) is 0 Å². The summed E-state index contributed by atoms with van der Waals surface area (Å²) in [5.74, 6) is -2.12. The number of methoxy groups -OCH3 is 1. The molecule has 8 heteroatoms. The summed E-state index contributed by atoms with van der Waals surface area (Å²) in [5.41, 5.74) is 0.288. The van der Waals surface area contributed by atoms with Gasteiger partial charge in [0, 0.05) is 12.7 Å². The molecule has 0 aliphatic rings. The van der Waals surface area contributed by atoms with Crippen molar-refractivity contribution in [3.63, 3.8) is 0 Å². The standard InChI is InChI=1S/C15H15FN2O5/c1-8(17-11(19)7-22-2)14-12(15(20)21)13(18-23-14)9-3-5-10(16)6-4-9/h3-6,8H,7H2,1-2H3,(H,17,19)(H,20,21). The van der Waals surface area contributed by atoms with Gasteiger partial charge in [-0.25, -0.2) is 9.18 Å². The average Bonchev–Trinajstić information content (AvgIpc) is 2.93. The van der Waals surface area contributed by atoms with Crippen LogP contribution in [0.25, 0.3) is 11.3 Å². The van der Waals surface area contributed by atoms with Crippen molar-refractivity contribution in [2.45, 2.75) is 13.0 Å². The Labute approximate surface area is 131 Å². The van der Waals surface area contributed by atoms with Crippen LogP contribution in [0.5, 0.6) is 0 Å². The second kappa shape index (κ2) is 7.01. The number of aromatic carboxylic acids is 1. The normalized spacial score (nSPS) is 12.0. The SMILES string of the molecule is COCC(=O)NC(C)c1onc(-c2ccc(F)cc2)c1C(=O)O. The fourth-order valence-electron chi connectivity index (χ4n) is 2.09. The lowest BCUT2D eigenvalue weighted by Crippen LogP contribution is -2.30. The quantitative estimate of drug-likeness (QED) is 0.843. The highest BCUT2D eigenvalue weighted by molar-refractivity contribution is 5.96. The van der Waals surface area contributed by atoms with E-state index >= 15 is 0 Å². The van der Waals surface area contributed by atoms with E-state index in [-0.39, 0.29) is 23.6 Å². The van der Waals surface area contributed by atoms with E-state index in [1.807, 2.05) is 0 Å². The molecule has 2 aromatic rings. The van der Waals surface area contributed by atoms with Gasteiger partial charge in [0.05, 0.1) is 6.04 Å². The van der Waals surface area contributed by atoms with Crippen molar-refractivity contribution in [2.24, 2.45) is 0 Å². The number of ether oxygens (including phenoxy) is 1. The molecule has 0 saturated carbocycles. The average molecular weight is 322 g/mol. The number of carbonyl (C=O) groups excluding carboxylic acids is 1. The molecular formula is C15H15FN2O5. The van der Waals surface area contributed by atoms with Crippen LogP contribution in [-0.4, -0.2) is 35.9 Å². The number of halogens is 1. The lowest BCUT2D eigenvalue weighted by atomic mass is 10.0. The van der Waals surface area contributed by atoms with Crippen molar-refractivity contribution in [1.82, 2.24) is 10.5 Å². The van der Waals surface area contributed by atoms with E-state index in [0.717, 1.165) is 0 Å². The highest BCUT2D eigenvalue weighted by Crippen LogP contribution is 2.29. The number of hydrogen-bond donors (Lipinski definition) is 2. The fourth-order valence-corrected chi connectivity index (χ4v) is 2.09. The van der Waals surface area contributed by atoms with Crippen LogP contribution in [0.15, 0.2) is 28.8 Å². The number of carbonyl (C=O) groups is 2. The van der Waals surface area contributed by atoms with E-state index in [4.69, 9.17) is 9.26 Å². The summed E-state index contributed by atoms with van der Waals surface area (Å²) >= 11 is 0. The van der Waals surface area contributed by atoms with E-state index in [0.29, 0.717) is 5.56 Å². The number of nitrogens with one attached hydrogen (secondary N) is 1. The zero-order valence-corrected chi connectivity index (χ0v) is 12.5. The predicted octanol–water partition coefficient (Wildman–Crippen LogP) is 2.00. The minimum atomic E-state index is -1.26. The minimum Gasteiger partial charge on any atom is -0.477 e. The first-order chi connectivity index (χ1) is 10.9. The van der Waals surface area contributed by atoms with Crippen LogP contribution in [0.3, 0.4) is 0 Å². The summed E-state index contributed by atoms with van der Waals surface area (Å²) in [6.45, 7) is 1.40. The zero-order valence-electron chi connectivity index (χ0n) is 12.5. The van der Waals surface area contributed by atoms with E-state index in [1.165, 1.54) is 31.4 Å². The van der Waals surface area contributed by atoms with E-state index < -0.39 is 23.7 Å². The van der Waals surface area contributed by atoms with Crippen molar-refractivity contribution in [3.05, 3.63) is 41.4 Å². The molecule has 1 atom stereocenters. The number of carboxylic acids is 1. The Morgan fingerprint density at radius 3 is 2.61 bits per heavy atom. The molecule has 1 heterocycles. The third kappa shape index (κ3) is 3.72. The van der Waals surface area contributed by atoms with Crippen LogP contribution < -0.4 is 5.32 Å². The molecule has 23 heavy (non-hydrogen) atoms. The fraction of sp³-hybridized carbons (Fsp3) is 0.267. The van der Waals surface area contributed by atoms with E-state index in [9.17, 15) is 19.1 Å². The van der Waals surface area contributed by atoms with Crippen LogP contribution in [-0.2, 0) is 9.53 Å². The number of aromatic nitrogens is 1. The maximum Gasteiger partial charge on any atom is 0.341 e. The molecule has 122 valence electrons. The molecule has 7 nitrogen and oxygen atoms in total. The van der Waals surface area contributed by atoms with Crippen molar-refractivity contribution in [3.8, 4) is 11.3 Å². The first-order valence-electron chi connectivity index (χ1n) is 6.71. The van der Waals surface area contributed by atoms with Crippen LogP contribution in [0, 0.1) is 5.82 Å². The van der Waals surface area contributed by atoms with Gasteiger partial charge >= 0.3 is 5.97 Å². The summed E-state index contributed by atoms with van der Waals surface area (Å²) in [6.07, 6.45) is 0. The monoisotopic (exact) mass is 322 g/mol. The van der Waals surface area contributed by atoms with E-state index in [1.54, 1.807) is 6.92 Å². The molecular weight excluding hydrogens is 307 g/mol. The van der Waals surface area contributed by atoms with Gasteiger partial charge in [-0.2, -0.15) is 0 Å². The molecule has 0 bridgehead atoms. The predicted molar refractivity (Wildman–Crippen MR) is 77.3 cm³/mol. The highest BCUT2D eigenvalue weighted by atomic mass is 19.1. The highest BCUT2D eigenvalue weighted by Gasteiger charge is 2.27. The third-order valence-electron chi connectivity index (χ3n) is 3.10. The van der Waals surface area contributed by atoms with Crippen LogP contribution in [0.2, 0.25) is 0 Å². The van der Waals surface area contributed by atoms with Crippen LogP contribution in [0.1, 0.15) is 29.1 Å². The summed E-state index contributed by atoms with van der Waals surface area (Å²) in [4.78, 5) is 23.1. The first kappa shape index (κ1) is 16.6. The van der Waals surface area contributed by atoms with Gasteiger partial charge < -0.3 is 19.7 Å². The number of nitrogens with zero attached hydrogens (tertiary/aromatic N) is 1. The Morgan fingerprint density at radius 1 is 1.39 bits per heavy atom. The van der Waals surface area contributed by atoms with Gasteiger partial charge in [0.15, 0.2) is 5.76 Å². The zero-order chi connectivity index (χ0) is 17.0. The van der Waals surface area contributed by atoms with Crippen molar-refractivity contribution in [2.75, 3.05) is 13.7 Å². The number of benzene rings is 1. The Hall–Kier alpha value is -2.74. The summed E-state index contributed by atoms with van der Waals surface area (Å²) in [7, 11) is 1.37. The Balaban J connectivity index is 2.37. The minimum absolute atomic E-state index is 0.00118. The number of hydrogen-bond acceptors (Lipinski definition) is 5. The maximum atomic E-state index is 13.0. The van der Waals surface area contributed by atoms with Gasteiger partial charge in [0.1, 0.15) is 23.7 Å². The molecule has 0 aliphatic carbocycles. The molecule has 0 aliphatic heterocycles. The van der Waals surface area contributed by atoms with Gasteiger partial charge in [-0.3, -0.25) is 4.79 Å². The summed E-state index contributed by atoms with van der Waals surface area (Å²) in [5, 5.41) is 15.7. The molecule has 2 rings (SSSR count). The molecule has 0 spiro atoms. The molecule has 1 aromatic carbocycles. The molecule has 0 fully saturated rings. The second-order valence-corrected chi connectivity index (χ2v) is 4.80. The molecule has 1 unspecified atom stereocenters. The second-order valence-electron chi connectivity index (χ2n) is 4.80. The largest absolute Gasteiger partial charge is 0.477 e.